The highest BCUT2D eigenvalue weighted by Crippen LogP contribution is 2.27. The molecule has 1 atom stereocenters. The molecule has 0 aromatic heterocycles. The van der Waals surface area contributed by atoms with Gasteiger partial charge in [-0.1, -0.05) is 35.9 Å². The van der Waals surface area contributed by atoms with E-state index in [1.165, 1.54) is 5.56 Å². The topological polar surface area (TPSA) is 50.4 Å². The fourth-order valence-corrected chi connectivity index (χ4v) is 2.73. The number of halogens is 1. The van der Waals surface area contributed by atoms with Crippen molar-refractivity contribution >= 4 is 22.0 Å². The molecule has 4 nitrogen and oxygen atoms in total. The monoisotopic (exact) mass is 376 g/mol. The molecule has 0 unspecified atom stereocenters. The summed E-state index contributed by atoms with van der Waals surface area (Å²) in [6.07, 6.45) is 0. The number of carbonyl (C=O) groups is 1. The molecule has 0 saturated carbocycles. The summed E-state index contributed by atoms with van der Waals surface area (Å²) in [5.74, 6) is 0.768. The molecule has 0 bridgehead atoms. The quantitative estimate of drug-likeness (QED) is 0.815. The highest BCUT2D eigenvalue weighted by Gasteiger charge is 2.11. The fourth-order valence-electron chi connectivity index (χ4n) is 2.17. The van der Waals surface area contributed by atoms with E-state index in [2.05, 4.69) is 26.6 Å². The molecule has 0 radical (unpaired) electrons. The number of nitrogens with one attached hydrogen (secondary N) is 2. The van der Waals surface area contributed by atoms with Crippen molar-refractivity contribution in [3.8, 4) is 5.75 Å². The van der Waals surface area contributed by atoms with Gasteiger partial charge in [0.15, 0.2) is 0 Å². The largest absolute Gasteiger partial charge is 0.496 e. The number of amides is 2. The Morgan fingerprint density at radius 1 is 1.22 bits per heavy atom. The Balaban J connectivity index is 1.89. The molecule has 0 saturated heterocycles. The molecule has 2 rings (SSSR count). The van der Waals surface area contributed by atoms with Gasteiger partial charge in [0.05, 0.1) is 17.6 Å². The van der Waals surface area contributed by atoms with Crippen molar-refractivity contribution in [1.29, 1.82) is 0 Å². The minimum absolute atomic E-state index is 0.102. The third kappa shape index (κ3) is 4.99. The van der Waals surface area contributed by atoms with Crippen LogP contribution in [0.4, 0.5) is 4.79 Å². The first kappa shape index (κ1) is 17.3. The Labute approximate surface area is 145 Å². The Bertz CT molecular complexity index is 671. The van der Waals surface area contributed by atoms with Crippen molar-refractivity contribution in [1.82, 2.24) is 10.6 Å². The van der Waals surface area contributed by atoms with E-state index >= 15 is 0 Å². The van der Waals surface area contributed by atoms with E-state index in [9.17, 15) is 4.79 Å². The molecule has 0 fully saturated rings. The Morgan fingerprint density at radius 3 is 2.52 bits per heavy atom. The number of carbonyl (C=O) groups excluding carboxylic acids is 1. The molecule has 122 valence electrons. The Hall–Kier alpha value is -2.01. The summed E-state index contributed by atoms with van der Waals surface area (Å²) in [5, 5.41) is 5.80. The van der Waals surface area contributed by atoms with E-state index in [0.717, 1.165) is 21.3 Å². The standard InChI is InChI=1S/C18H21BrN2O2/c1-12-4-6-14(7-5-12)11-20-18(22)21-13(2)15-8-9-17(23-3)16(19)10-15/h4-10,13H,11H2,1-3H3,(H2,20,21,22)/t13-/m1/s1. The summed E-state index contributed by atoms with van der Waals surface area (Å²) in [4.78, 5) is 12.0. The lowest BCUT2D eigenvalue weighted by Crippen LogP contribution is -2.36. The maximum absolute atomic E-state index is 12.0. The summed E-state index contributed by atoms with van der Waals surface area (Å²) in [5.41, 5.74) is 3.28. The van der Waals surface area contributed by atoms with Crippen LogP contribution in [0.2, 0.25) is 0 Å². The zero-order chi connectivity index (χ0) is 16.8. The van der Waals surface area contributed by atoms with Crippen molar-refractivity contribution < 1.29 is 9.53 Å². The first-order valence-electron chi connectivity index (χ1n) is 7.43. The van der Waals surface area contributed by atoms with Crippen LogP contribution in [0.3, 0.4) is 0 Å². The summed E-state index contributed by atoms with van der Waals surface area (Å²) in [6, 6.07) is 13.6. The Morgan fingerprint density at radius 2 is 1.91 bits per heavy atom. The van der Waals surface area contributed by atoms with E-state index in [0.29, 0.717) is 6.54 Å². The van der Waals surface area contributed by atoms with Gasteiger partial charge in [0.2, 0.25) is 0 Å². The molecule has 0 heterocycles. The predicted octanol–water partition coefficient (Wildman–Crippen LogP) is 4.33. The van der Waals surface area contributed by atoms with Gasteiger partial charge in [-0.3, -0.25) is 0 Å². The molecule has 2 amide bonds. The first-order chi connectivity index (χ1) is 11.0. The van der Waals surface area contributed by atoms with Gasteiger partial charge in [0.1, 0.15) is 5.75 Å². The summed E-state index contributed by atoms with van der Waals surface area (Å²) >= 11 is 3.46. The van der Waals surface area contributed by atoms with Crippen LogP contribution < -0.4 is 15.4 Å². The maximum atomic E-state index is 12.0. The van der Waals surface area contributed by atoms with E-state index < -0.39 is 0 Å². The smallest absolute Gasteiger partial charge is 0.315 e. The normalized spacial score (nSPS) is 11.7. The van der Waals surface area contributed by atoms with E-state index in [4.69, 9.17) is 4.74 Å². The van der Waals surface area contributed by atoms with Crippen LogP contribution in [-0.2, 0) is 6.54 Å². The fraction of sp³-hybridized carbons (Fsp3) is 0.278. The van der Waals surface area contributed by atoms with Crippen LogP contribution in [0.5, 0.6) is 5.75 Å². The van der Waals surface area contributed by atoms with Gasteiger partial charge >= 0.3 is 6.03 Å². The van der Waals surface area contributed by atoms with Crippen LogP contribution in [-0.4, -0.2) is 13.1 Å². The number of rotatable bonds is 5. The van der Waals surface area contributed by atoms with Gasteiger partial charge < -0.3 is 15.4 Å². The molecule has 0 spiro atoms. The predicted molar refractivity (Wildman–Crippen MR) is 95.7 cm³/mol. The van der Waals surface area contributed by atoms with Crippen LogP contribution in [0.15, 0.2) is 46.9 Å². The SMILES string of the molecule is COc1ccc([C@@H](C)NC(=O)NCc2ccc(C)cc2)cc1Br. The summed E-state index contributed by atoms with van der Waals surface area (Å²) in [7, 11) is 1.62. The Kier molecular flexibility index (Phi) is 6.04. The van der Waals surface area contributed by atoms with Crippen molar-refractivity contribution in [3.05, 3.63) is 63.6 Å². The lowest BCUT2D eigenvalue weighted by molar-refractivity contribution is 0.237. The van der Waals surface area contributed by atoms with Crippen molar-refractivity contribution in [2.45, 2.75) is 26.4 Å². The van der Waals surface area contributed by atoms with E-state index in [1.807, 2.05) is 56.3 Å². The van der Waals surface area contributed by atoms with Gasteiger partial charge in [0, 0.05) is 6.54 Å². The number of ether oxygens (including phenoxy) is 1. The number of methoxy groups -OCH3 is 1. The number of aryl methyl sites for hydroxylation is 1. The van der Waals surface area contributed by atoms with Gasteiger partial charge in [0.25, 0.3) is 0 Å². The van der Waals surface area contributed by atoms with Crippen molar-refractivity contribution in [3.63, 3.8) is 0 Å². The zero-order valence-electron chi connectivity index (χ0n) is 13.5. The first-order valence-corrected chi connectivity index (χ1v) is 8.22. The summed E-state index contributed by atoms with van der Waals surface area (Å²) in [6.45, 7) is 4.49. The molecule has 5 heteroatoms. The average Bonchev–Trinajstić information content (AvgIpc) is 2.54. The molecule has 2 aromatic rings. The van der Waals surface area contributed by atoms with Crippen molar-refractivity contribution in [2.75, 3.05) is 7.11 Å². The van der Waals surface area contributed by atoms with Crippen LogP contribution in [0.25, 0.3) is 0 Å². The molecule has 0 aliphatic carbocycles. The van der Waals surface area contributed by atoms with Crippen LogP contribution >= 0.6 is 15.9 Å². The number of hydrogen-bond acceptors (Lipinski definition) is 2. The highest BCUT2D eigenvalue weighted by molar-refractivity contribution is 9.10. The number of hydrogen-bond donors (Lipinski definition) is 2. The second kappa shape index (κ2) is 8.02. The number of benzene rings is 2. The minimum atomic E-state index is -0.190. The molecule has 2 aromatic carbocycles. The molecule has 23 heavy (non-hydrogen) atoms. The third-order valence-corrected chi connectivity index (χ3v) is 4.22. The molecule has 0 aliphatic rings. The molecule has 0 aliphatic heterocycles. The molecule has 2 N–H and O–H groups in total. The van der Waals surface area contributed by atoms with Gasteiger partial charge in [-0.15, -0.1) is 0 Å². The molecular weight excluding hydrogens is 356 g/mol. The maximum Gasteiger partial charge on any atom is 0.315 e. The molecular formula is C18H21BrN2O2. The van der Waals surface area contributed by atoms with E-state index in [1.54, 1.807) is 7.11 Å². The second-order valence-electron chi connectivity index (χ2n) is 5.43. The van der Waals surface area contributed by atoms with Crippen molar-refractivity contribution in [2.24, 2.45) is 0 Å². The minimum Gasteiger partial charge on any atom is -0.496 e. The second-order valence-corrected chi connectivity index (χ2v) is 6.28. The van der Waals surface area contributed by atoms with Gasteiger partial charge in [-0.2, -0.15) is 0 Å². The zero-order valence-corrected chi connectivity index (χ0v) is 15.1. The lowest BCUT2D eigenvalue weighted by Gasteiger charge is -2.16. The van der Waals surface area contributed by atoms with Crippen LogP contribution in [0.1, 0.15) is 29.7 Å². The van der Waals surface area contributed by atoms with Gasteiger partial charge in [-0.05, 0) is 53.0 Å². The highest BCUT2D eigenvalue weighted by atomic mass is 79.9. The third-order valence-electron chi connectivity index (χ3n) is 3.60. The average molecular weight is 377 g/mol. The van der Waals surface area contributed by atoms with Crippen LogP contribution in [0, 0.1) is 6.92 Å². The van der Waals surface area contributed by atoms with E-state index in [-0.39, 0.29) is 12.1 Å². The number of urea groups is 1. The summed E-state index contributed by atoms with van der Waals surface area (Å²) < 4.78 is 6.08. The lowest BCUT2D eigenvalue weighted by atomic mass is 10.1. The van der Waals surface area contributed by atoms with Gasteiger partial charge in [-0.25, -0.2) is 4.79 Å².